The van der Waals surface area contributed by atoms with Crippen LogP contribution in [0.25, 0.3) is 0 Å². The monoisotopic (exact) mass is 348 g/mol. The number of benzene rings is 2. The molecule has 0 aromatic heterocycles. The quantitative estimate of drug-likeness (QED) is 0.797. The predicted octanol–water partition coefficient (Wildman–Crippen LogP) is 3.78. The summed E-state index contributed by atoms with van der Waals surface area (Å²) >= 11 is 0. The van der Waals surface area contributed by atoms with Crippen molar-refractivity contribution in [3.63, 3.8) is 0 Å². The third-order valence-corrected chi connectivity index (χ3v) is 5.10. The highest BCUT2D eigenvalue weighted by Crippen LogP contribution is 2.28. The second kappa shape index (κ2) is 8.64. The van der Waals surface area contributed by atoms with Gasteiger partial charge in [0.05, 0.1) is 13.2 Å². The topological polar surface area (TPSA) is 53.3 Å². The molecular weight excluding hydrogens is 324 g/mol. The van der Waals surface area contributed by atoms with Crippen molar-refractivity contribution in [3.05, 3.63) is 65.7 Å². The van der Waals surface area contributed by atoms with Gasteiger partial charge < -0.3 is 4.74 Å². The average molecular weight is 348 g/mol. The van der Waals surface area contributed by atoms with E-state index in [1.54, 1.807) is 19.2 Å². The standard InChI is InChI=1S/C22H24N2O2/c1-26-20-9-7-18(8-10-20)21(15-23)22(25)19-11-13-24(14-12-19)16-17-5-3-2-4-6-17/h2-10,19,21H,11-14,16H2,1H3. The lowest BCUT2D eigenvalue weighted by atomic mass is 9.83. The van der Waals surface area contributed by atoms with Gasteiger partial charge in [-0.2, -0.15) is 5.26 Å². The molecule has 0 N–H and O–H groups in total. The molecule has 1 atom stereocenters. The highest BCUT2D eigenvalue weighted by molar-refractivity contribution is 5.90. The first kappa shape index (κ1) is 18.2. The fourth-order valence-electron chi connectivity index (χ4n) is 3.55. The Morgan fingerprint density at radius 2 is 1.81 bits per heavy atom. The van der Waals surface area contributed by atoms with E-state index < -0.39 is 5.92 Å². The Morgan fingerprint density at radius 3 is 2.38 bits per heavy atom. The molecule has 3 rings (SSSR count). The summed E-state index contributed by atoms with van der Waals surface area (Å²) in [4.78, 5) is 15.3. The number of carbonyl (C=O) groups is 1. The zero-order valence-corrected chi connectivity index (χ0v) is 15.1. The highest BCUT2D eigenvalue weighted by atomic mass is 16.5. The summed E-state index contributed by atoms with van der Waals surface area (Å²) in [6, 6.07) is 19.8. The van der Waals surface area contributed by atoms with E-state index in [0.717, 1.165) is 43.8 Å². The molecule has 2 aromatic carbocycles. The molecule has 0 saturated carbocycles. The first-order valence-corrected chi connectivity index (χ1v) is 9.05. The van der Waals surface area contributed by atoms with Gasteiger partial charge in [0.2, 0.25) is 0 Å². The summed E-state index contributed by atoms with van der Waals surface area (Å²) in [5.74, 6) is 0.0597. The van der Waals surface area contributed by atoms with Crippen LogP contribution in [0, 0.1) is 17.2 Å². The number of ketones is 1. The summed E-state index contributed by atoms with van der Waals surface area (Å²) in [5.41, 5.74) is 2.05. The van der Waals surface area contributed by atoms with Crippen LogP contribution in [0.3, 0.4) is 0 Å². The normalized spacial score (nSPS) is 16.6. The lowest BCUT2D eigenvalue weighted by molar-refractivity contribution is -0.124. The second-order valence-electron chi connectivity index (χ2n) is 6.77. The Balaban J connectivity index is 1.58. The van der Waals surface area contributed by atoms with Crippen molar-refractivity contribution >= 4 is 5.78 Å². The molecule has 1 unspecified atom stereocenters. The summed E-state index contributed by atoms with van der Waals surface area (Å²) in [6.07, 6.45) is 1.64. The van der Waals surface area contributed by atoms with Crippen molar-refractivity contribution in [1.82, 2.24) is 4.90 Å². The molecule has 4 heteroatoms. The van der Waals surface area contributed by atoms with Gasteiger partial charge in [0, 0.05) is 12.5 Å². The molecule has 1 saturated heterocycles. The Kier molecular flexibility index (Phi) is 6.04. The first-order chi connectivity index (χ1) is 12.7. The summed E-state index contributed by atoms with van der Waals surface area (Å²) in [7, 11) is 1.60. The number of Topliss-reactive ketones (excluding diaryl/α,β-unsaturated/α-hetero) is 1. The Morgan fingerprint density at radius 1 is 1.15 bits per heavy atom. The van der Waals surface area contributed by atoms with Gasteiger partial charge in [-0.05, 0) is 49.2 Å². The van der Waals surface area contributed by atoms with Crippen molar-refractivity contribution in [2.75, 3.05) is 20.2 Å². The molecule has 0 aliphatic carbocycles. The lowest BCUT2D eigenvalue weighted by Gasteiger charge is -2.32. The van der Waals surface area contributed by atoms with Crippen LogP contribution in [-0.2, 0) is 11.3 Å². The van der Waals surface area contributed by atoms with Gasteiger partial charge >= 0.3 is 0 Å². The van der Waals surface area contributed by atoms with Crippen LogP contribution in [-0.4, -0.2) is 30.9 Å². The van der Waals surface area contributed by atoms with Crippen molar-refractivity contribution in [2.24, 2.45) is 5.92 Å². The zero-order valence-electron chi connectivity index (χ0n) is 15.1. The van der Waals surface area contributed by atoms with Gasteiger partial charge in [0.15, 0.2) is 5.78 Å². The van der Waals surface area contributed by atoms with Gasteiger partial charge in [-0.25, -0.2) is 0 Å². The van der Waals surface area contributed by atoms with Gasteiger partial charge in [-0.3, -0.25) is 9.69 Å². The molecule has 0 radical (unpaired) electrons. The van der Waals surface area contributed by atoms with Crippen LogP contribution in [0.2, 0.25) is 0 Å². The Hall–Kier alpha value is -2.64. The molecule has 134 valence electrons. The van der Waals surface area contributed by atoms with E-state index in [2.05, 4.69) is 35.2 Å². The van der Waals surface area contributed by atoms with E-state index in [1.165, 1.54) is 5.56 Å². The molecule has 0 bridgehead atoms. The van der Waals surface area contributed by atoms with Gasteiger partial charge in [0.25, 0.3) is 0 Å². The molecule has 1 heterocycles. The molecule has 0 amide bonds. The largest absolute Gasteiger partial charge is 0.497 e. The number of nitriles is 1. The summed E-state index contributed by atoms with van der Waals surface area (Å²) in [5, 5.41) is 9.54. The number of rotatable bonds is 6. The predicted molar refractivity (Wildman–Crippen MR) is 101 cm³/mol. The van der Waals surface area contributed by atoms with Crippen molar-refractivity contribution in [2.45, 2.75) is 25.3 Å². The number of carbonyl (C=O) groups excluding carboxylic acids is 1. The van der Waals surface area contributed by atoms with Crippen LogP contribution in [0.15, 0.2) is 54.6 Å². The fraction of sp³-hybridized carbons (Fsp3) is 0.364. The SMILES string of the molecule is COc1ccc(C(C#N)C(=O)C2CCN(Cc3ccccc3)CC2)cc1. The van der Waals surface area contributed by atoms with Crippen LogP contribution < -0.4 is 4.74 Å². The van der Waals surface area contributed by atoms with Gasteiger partial charge in [-0.1, -0.05) is 42.5 Å². The number of piperidine rings is 1. The second-order valence-corrected chi connectivity index (χ2v) is 6.77. The lowest BCUT2D eigenvalue weighted by Crippen LogP contribution is -2.37. The van der Waals surface area contributed by atoms with Gasteiger partial charge in [-0.15, -0.1) is 0 Å². The smallest absolute Gasteiger partial charge is 0.157 e. The molecule has 1 fully saturated rings. The third kappa shape index (κ3) is 4.30. The number of nitrogens with zero attached hydrogens (tertiary/aromatic N) is 2. The number of hydrogen-bond donors (Lipinski definition) is 0. The molecule has 0 spiro atoms. The number of likely N-dealkylation sites (tertiary alicyclic amines) is 1. The van der Waals surface area contributed by atoms with Crippen molar-refractivity contribution in [3.8, 4) is 11.8 Å². The Labute approximate surface area is 155 Å². The van der Waals surface area contributed by atoms with Crippen LogP contribution >= 0.6 is 0 Å². The molecular formula is C22H24N2O2. The van der Waals surface area contributed by atoms with E-state index in [-0.39, 0.29) is 11.7 Å². The molecule has 1 aliphatic heterocycles. The number of hydrogen-bond acceptors (Lipinski definition) is 4. The first-order valence-electron chi connectivity index (χ1n) is 9.05. The minimum atomic E-state index is -0.688. The van der Waals surface area contributed by atoms with Gasteiger partial charge in [0.1, 0.15) is 11.7 Å². The van der Waals surface area contributed by atoms with E-state index in [1.807, 2.05) is 18.2 Å². The average Bonchev–Trinajstić information content (AvgIpc) is 2.70. The van der Waals surface area contributed by atoms with E-state index >= 15 is 0 Å². The van der Waals surface area contributed by atoms with Crippen molar-refractivity contribution in [1.29, 1.82) is 5.26 Å². The molecule has 4 nitrogen and oxygen atoms in total. The molecule has 26 heavy (non-hydrogen) atoms. The molecule has 2 aromatic rings. The summed E-state index contributed by atoms with van der Waals surface area (Å²) in [6.45, 7) is 2.71. The van der Waals surface area contributed by atoms with Crippen molar-refractivity contribution < 1.29 is 9.53 Å². The van der Waals surface area contributed by atoms with E-state index in [4.69, 9.17) is 4.74 Å². The minimum Gasteiger partial charge on any atom is -0.497 e. The zero-order chi connectivity index (χ0) is 18.4. The van der Waals surface area contributed by atoms with Crippen LogP contribution in [0.5, 0.6) is 5.75 Å². The van der Waals surface area contributed by atoms with Crippen LogP contribution in [0.4, 0.5) is 0 Å². The third-order valence-electron chi connectivity index (χ3n) is 5.10. The van der Waals surface area contributed by atoms with E-state index in [0.29, 0.717) is 0 Å². The number of ether oxygens (including phenoxy) is 1. The maximum atomic E-state index is 12.9. The van der Waals surface area contributed by atoms with E-state index in [9.17, 15) is 10.1 Å². The fourth-order valence-corrected chi connectivity index (χ4v) is 3.55. The minimum absolute atomic E-state index is 0.0335. The summed E-state index contributed by atoms with van der Waals surface area (Å²) < 4.78 is 5.15. The van der Waals surface area contributed by atoms with Crippen LogP contribution in [0.1, 0.15) is 29.9 Å². The number of methoxy groups -OCH3 is 1. The Bertz CT molecular complexity index is 757. The maximum absolute atomic E-state index is 12.9. The maximum Gasteiger partial charge on any atom is 0.157 e. The highest BCUT2D eigenvalue weighted by Gasteiger charge is 2.31. The molecule has 1 aliphatic rings.